The Morgan fingerprint density at radius 1 is 0.750 bits per heavy atom. The zero-order valence-electron chi connectivity index (χ0n) is 19.7. The van der Waals surface area contributed by atoms with Gasteiger partial charge in [0, 0.05) is 11.8 Å². The average molecular weight is 480 g/mol. The highest BCUT2D eigenvalue weighted by Crippen LogP contribution is 2.24. The summed E-state index contributed by atoms with van der Waals surface area (Å²) in [5, 5.41) is 9.15. The Hall–Kier alpha value is -4.84. The van der Waals surface area contributed by atoms with Gasteiger partial charge in [0.1, 0.15) is 17.2 Å². The summed E-state index contributed by atoms with van der Waals surface area (Å²) >= 11 is 0. The van der Waals surface area contributed by atoms with E-state index in [1.54, 1.807) is 54.6 Å². The lowest BCUT2D eigenvalue weighted by Gasteiger charge is -2.19. The highest BCUT2D eigenvalue weighted by Gasteiger charge is 2.15. The molecule has 0 aliphatic rings. The van der Waals surface area contributed by atoms with Crippen LogP contribution in [0.1, 0.15) is 31.8 Å². The molecule has 1 N–H and O–H groups in total. The summed E-state index contributed by atoms with van der Waals surface area (Å²) in [6.45, 7) is 0.284. The predicted molar refractivity (Wildman–Crippen MR) is 138 cm³/mol. The molecule has 4 aromatic carbocycles. The van der Waals surface area contributed by atoms with E-state index >= 15 is 0 Å². The van der Waals surface area contributed by atoms with Gasteiger partial charge in [-0.05, 0) is 77.9 Å². The van der Waals surface area contributed by atoms with Crippen LogP contribution in [-0.2, 0) is 6.54 Å². The first-order valence-corrected chi connectivity index (χ1v) is 11.3. The summed E-state index contributed by atoms with van der Waals surface area (Å²) in [6.07, 6.45) is 3.61. The summed E-state index contributed by atoms with van der Waals surface area (Å²) in [5.41, 5.74) is 2.46. The van der Waals surface area contributed by atoms with E-state index in [1.807, 2.05) is 60.7 Å². The minimum Gasteiger partial charge on any atom is -0.497 e. The third-order valence-corrected chi connectivity index (χ3v) is 5.46. The predicted octanol–water partition coefficient (Wildman–Crippen LogP) is 6.50. The van der Waals surface area contributed by atoms with E-state index in [0.717, 1.165) is 16.9 Å². The lowest BCUT2D eigenvalue weighted by Crippen LogP contribution is -2.25. The normalized spacial score (nSPS) is 10.7. The van der Waals surface area contributed by atoms with Crippen molar-refractivity contribution < 1.29 is 24.2 Å². The van der Waals surface area contributed by atoms with Gasteiger partial charge in [-0.15, -0.1) is 0 Å². The minimum absolute atomic E-state index is 0.194. The van der Waals surface area contributed by atoms with Gasteiger partial charge in [0.2, 0.25) is 0 Å². The summed E-state index contributed by atoms with van der Waals surface area (Å²) in [5.74, 6) is 0.819. The van der Waals surface area contributed by atoms with Crippen molar-refractivity contribution in [1.29, 1.82) is 0 Å². The second-order valence-electron chi connectivity index (χ2n) is 7.96. The molecule has 0 spiro atoms. The second-order valence-corrected chi connectivity index (χ2v) is 7.96. The van der Waals surface area contributed by atoms with Crippen LogP contribution in [0.15, 0.2) is 109 Å². The fourth-order valence-corrected chi connectivity index (χ4v) is 3.49. The summed E-state index contributed by atoms with van der Waals surface area (Å²) in [6, 6.07) is 30.4. The number of aromatic carboxylic acids is 1. The van der Waals surface area contributed by atoms with E-state index in [9.17, 15) is 9.59 Å². The largest absolute Gasteiger partial charge is 0.497 e. The van der Waals surface area contributed by atoms with Gasteiger partial charge < -0.3 is 19.5 Å². The van der Waals surface area contributed by atoms with Crippen molar-refractivity contribution in [3.63, 3.8) is 0 Å². The number of carbonyl (C=O) groups excluding carboxylic acids is 1. The monoisotopic (exact) mass is 479 g/mol. The van der Waals surface area contributed by atoms with Crippen LogP contribution in [0.2, 0.25) is 0 Å². The molecular formula is C30H25NO5. The number of hydrogen-bond acceptors (Lipinski definition) is 4. The lowest BCUT2D eigenvalue weighted by atomic mass is 10.1. The number of benzene rings is 4. The van der Waals surface area contributed by atoms with Crippen molar-refractivity contribution in [3.05, 3.63) is 132 Å². The average Bonchev–Trinajstić information content (AvgIpc) is 2.92. The lowest BCUT2D eigenvalue weighted by molar-refractivity contribution is 0.0696. The Balaban J connectivity index is 1.52. The molecule has 180 valence electrons. The van der Waals surface area contributed by atoms with Crippen LogP contribution in [-0.4, -0.2) is 29.0 Å². The SMILES string of the molecule is COc1ccc(Oc2ccc(C(=O)N(C=Cc3ccccc3)Cc3ccc(C(=O)O)cc3)cc2)cc1. The third kappa shape index (κ3) is 6.39. The van der Waals surface area contributed by atoms with Gasteiger partial charge >= 0.3 is 5.97 Å². The second kappa shape index (κ2) is 11.5. The van der Waals surface area contributed by atoms with E-state index in [4.69, 9.17) is 14.6 Å². The zero-order chi connectivity index (χ0) is 25.3. The number of carbonyl (C=O) groups is 2. The molecule has 0 fully saturated rings. The van der Waals surface area contributed by atoms with E-state index < -0.39 is 5.97 Å². The van der Waals surface area contributed by atoms with Crippen LogP contribution in [0.25, 0.3) is 6.08 Å². The minimum atomic E-state index is -0.990. The Morgan fingerprint density at radius 3 is 1.89 bits per heavy atom. The molecule has 0 aliphatic heterocycles. The number of hydrogen-bond donors (Lipinski definition) is 1. The van der Waals surface area contributed by atoms with E-state index in [0.29, 0.717) is 17.1 Å². The molecule has 0 heterocycles. The smallest absolute Gasteiger partial charge is 0.335 e. The van der Waals surface area contributed by atoms with Crippen molar-refractivity contribution in [3.8, 4) is 17.2 Å². The number of carboxylic acids is 1. The van der Waals surface area contributed by atoms with Crippen molar-refractivity contribution >= 4 is 18.0 Å². The van der Waals surface area contributed by atoms with Crippen molar-refractivity contribution in [2.24, 2.45) is 0 Å². The maximum atomic E-state index is 13.4. The van der Waals surface area contributed by atoms with Crippen molar-refractivity contribution in [2.45, 2.75) is 6.54 Å². The summed E-state index contributed by atoms with van der Waals surface area (Å²) in [4.78, 5) is 26.2. The highest BCUT2D eigenvalue weighted by molar-refractivity contribution is 5.95. The molecule has 0 unspecified atom stereocenters. The fourth-order valence-electron chi connectivity index (χ4n) is 3.49. The molecule has 0 aliphatic carbocycles. The van der Waals surface area contributed by atoms with Gasteiger partial charge in [-0.3, -0.25) is 4.79 Å². The molecule has 0 saturated carbocycles. The maximum absolute atomic E-state index is 13.4. The number of nitrogens with zero attached hydrogens (tertiary/aromatic N) is 1. The molecule has 6 nitrogen and oxygen atoms in total. The number of amides is 1. The topological polar surface area (TPSA) is 76.1 Å². The molecule has 0 saturated heterocycles. The van der Waals surface area contributed by atoms with E-state index in [2.05, 4.69) is 0 Å². The van der Waals surface area contributed by atoms with Gasteiger partial charge in [-0.25, -0.2) is 4.79 Å². The Kier molecular flexibility index (Phi) is 7.78. The van der Waals surface area contributed by atoms with E-state index in [-0.39, 0.29) is 18.0 Å². The first kappa shape index (κ1) is 24.3. The molecule has 0 bridgehead atoms. The molecule has 1 amide bonds. The van der Waals surface area contributed by atoms with Crippen LogP contribution in [0.4, 0.5) is 0 Å². The van der Waals surface area contributed by atoms with Crippen LogP contribution in [0.3, 0.4) is 0 Å². The van der Waals surface area contributed by atoms with Gasteiger partial charge in [-0.2, -0.15) is 0 Å². The fraction of sp³-hybridized carbons (Fsp3) is 0.0667. The first-order chi connectivity index (χ1) is 17.5. The molecule has 0 radical (unpaired) electrons. The summed E-state index contributed by atoms with van der Waals surface area (Å²) < 4.78 is 11.0. The molecule has 0 atom stereocenters. The van der Waals surface area contributed by atoms with Gasteiger partial charge in [0.25, 0.3) is 5.91 Å². The summed E-state index contributed by atoms with van der Waals surface area (Å²) in [7, 11) is 1.61. The maximum Gasteiger partial charge on any atom is 0.335 e. The Morgan fingerprint density at radius 2 is 1.31 bits per heavy atom. The molecule has 6 heteroatoms. The number of rotatable bonds is 9. The van der Waals surface area contributed by atoms with Gasteiger partial charge in [0.05, 0.1) is 19.2 Å². The van der Waals surface area contributed by atoms with Crippen LogP contribution >= 0.6 is 0 Å². The third-order valence-electron chi connectivity index (χ3n) is 5.46. The molecule has 36 heavy (non-hydrogen) atoms. The molecule has 0 aromatic heterocycles. The first-order valence-electron chi connectivity index (χ1n) is 11.3. The van der Waals surface area contributed by atoms with Gasteiger partial charge in [0.15, 0.2) is 0 Å². The number of carboxylic acid groups (broad SMARTS) is 1. The standard InChI is InChI=1S/C30H25NO5/c1-35-26-15-17-28(18-16-26)36-27-13-11-24(12-14-27)29(32)31(20-19-22-5-3-2-4-6-22)21-23-7-9-25(10-8-23)30(33)34/h2-20H,21H2,1H3,(H,33,34). The highest BCUT2D eigenvalue weighted by atomic mass is 16.5. The van der Waals surface area contributed by atoms with E-state index in [1.165, 1.54) is 12.1 Å². The molecular weight excluding hydrogens is 454 g/mol. The van der Waals surface area contributed by atoms with Crippen LogP contribution in [0.5, 0.6) is 17.2 Å². The zero-order valence-corrected chi connectivity index (χ0v) is 19.7. The molecule has 4 rings (SSSR count). The quantitative estimate of drug-likeness (QED) is 0.297. The van der Waals surface area contributed by atoms with Gasteiger partial charge in [-0.1, -0.05) is 42.5 Å². The molecule has 4 aromatic rings. The number of ether oxygens (including phenoxy) is 2. The Bertz CT molecular complexity index is 1330. The van der Waals surface area contributed by atoms with Crippen LogP contribution < -0.4 is 9.47 Å². The number of methoxy groups -OCH3 is 1. The van der Waals surface area contributed by atoms with Crippen LogP contribution in [0, 0.1) is 0 Å². The Labute approximate surface area is 209 Å². The van der Waals surface area contributed by atoms with Crippen molar-refractivity contribution in [1.82, 2.24) is 4.90 Å². The van der Waals surface area contributed by atoms with Crippen molar-refractivity contribution in [2.75, 3.05) is 7.11 Å².